The molecule has 0 aliphatic carbocycles. The highest BCUT2D eigenvalue weighted by Crippen LogP contribution is 2.40. The second-order valence-electron chi connectivity index (χ2n) is 9.58. The predicted molar refractivity (Wildman–Crippen MR) is 124 cm³/mol. The number of piperidine rings is 1. The fraction of sp³-hybridized carbons (Fsp3) is 0.615. The minimum Gasteiger partial charge on any atom is -0.390 e. The fourth-order valence-electron chi connectivity index (χ4n) is 4.97. The van der Waals surface area contributed by atoms with Gasteiger partial charge < -0.3 is 20.1 Å². The van der Waals surface area contributed by atoms with Crippen LogP contribution in [-0.2, 0) is 11.3 Å². The molecule has 31 heavy (non-hydrogen) atoms. The highest BCUT2D eigenvalue weighted by atomic mass is 16.5. The molecule has 0 aromatic heterocycles. The molecule has 2 aliphatic heterocycles. The lowest BCUT2D eigenvalue weighted by molar-refractivity contribution is -0.158. The van der Waals surface area contributed by atoms with Crippen molar-refractivity contribution < 1.29 is 20.1 Å². The molecule has 6 atom stereocenters. The van der Waals surface area contributed by atoms with Gasteiger partial charge in [-0.1, -0.05) is 49.4 Å². The van der Waals surface area contributed by atoms with Crippen LogP contribution in [0.2, 0.25) is 0 Å². The van der Waals surface area contributed by atoms with Crippen LogP contribution >= 0.6 is 0 Å². The van der Waals surface area contributed by atoms with E-state index in [1.807, 2.05) is 31.2 Å². The topological polar surface area (TPSA) is 73.2 Å². The van der Waals surface area contributed by atoms with Crippen molar-refractivity contribution in [3.63, 3.8) is 0 Å². The highest BCUT2D eigenvalue weighted by molar-refractivity contribution is 5.25. The summed E-state index contributed by atoms with van der Waals surface area (Å²) in [4.78, 5) is 2.45. The van der Waals surface area contributed by atoms with Gasteiger partial charge in [-0.15, -0.1) is 0 Å². The molecule has 172 valence electrons. The average Bonchev–Trinajstić information content (AvgIpc) is 3.23. The molecule has 3 N–H and O–H groups in total. The first-order valence-electron chi connectivity index (χ1n) is 11.6. The molecular weight excluding hydrogens is 390 g/mol. The van der Waals surface area contributed by atoms with Crippen LogP contribution in [0.1, 0.15) is 52.5 Å². The Kier molecular flexibility index (Phi) is 8.11. The van der Waals surface area contributed by atoms with Crippen LogP contribution in [0.25, 0.3) is 0 Å². The number of hydrogen-bond donors (Lipinski definition) is 3. The molecule has 0 amide bonds. The first-order valence-corrected chi connectivity index (χ1v) is 11.6. The molecule has 3 rings (SSSR count). The Bertz CT molecular complexity index is 775. The van der Waals surface area contributed by atoms with E-state index in [2.05, 4.69) is 37.0 Å². The molecule has 0 radical (unpaired) electrons. The van der Waals surface area contributed by atoms with Crippen LogP contribution in [0.15, 0.2) is 53.6 Å². The SMILES string of the molecule is C/C(=C\C[C@@H](C)/C=C1\CN2CCC[C@H]2[C@@](C)(OCc2ccccc2)[C@@H]1O)[C@@H](O)[C@@H](C)O. The summed E-state index contributed by atoms with van der Waals surface area (Å²) in [6.07, 6.45) is 4.82. The minimum atomic E-state index is -0.833. The van der Waals surface area contributed by atoms with Crippen molar-refractivity contribution in [3.8, 4) is 0 Å². The number of benzene rings is 1. The van der Waals surface area contributed by atoms with Crippen molar-refractivity contribution in [3.05, 3.63) is 59.2 Å². The molecular formula is C26H39NO4. The number of aliphatic hydroxyl groups excluding tert-OH is 3. The Morgan fingerprint density at radius 1 is 1.26 bits per heavy atom. The summed E-state index contributed by atoms with van der Waals surface area (Å²) in [6.45, 7) is 9.92. The first kappa shape index (κ1) is 24.1. The lowest BCUT2D eigenvalue weighted by Gasteiger charge is -2.49. The molecule has 1 aromatic carbocycles. The van der Waals surface area contributed by atoms with Gasteiger partial charge in [0.15, 0.2) is 0 Å². The Balaban J connectivity index is 1.74. The normalized spacial score (nSPS) is 31.5. The van der Waals surface area contributed by atoms with Gasteiger partial charge in [0.25, 0.3) is 0 Å². The van der Waals surface area contributed by atoms with E-state index in [-0.39, 0.29) is 12.0 Å². The van der Waals surface area contributed by atoms with Crippen LogP contribution in [-0.4, -0.2) is 63.3 Å². The van der Waals surface area contributed by atoms with Gasteiger partial charge in [-0.05, 0) is 69.2 Å². The van der Waals surface area contributed by atoms with E-state index in [9.17, 15) is 15.3 Å². The van der Waals surface area contributed by atoms with Crippen molar-refractivity contribution in [2.45, 2.75) is 83.5 Å². The Morgan fingerprint density at radius 2 is 1.97 bits per heavy atom. The van der Waals surface area contributed by atoms with Crippen molar-refractivity contribution >= 4 is 0 Å². The number of allylic oxidation sites excluding steroid dienone is 2. The van der Waals surface area contributed by atoms with E-state index in [1.54, 1.807) is 6.92 Å². The summed E-state index contributed by atoms with van der Waals surface area (Å²) in [5.74, 6) is 0.207. The van der Waals surface area contributed by atoms with Crippen molar-refractivity contribution in [1.29, 1.82) is 0 Å². The van der Waals surface area contributed by atoms with E-state index in [0.29, 0.717) is 6.61 Å². The zero-order valence-electron chi connectivity index (χ0n) is 19.4. The van der Waals surface area contributed by atoms with Gasteiger partial charge in [-0.2, -0.15) is 0 Å². The van der Waals surface area contributed by atoms with E-state index < -0.39 is 23.9 Å². The van der Waals surface area contributed by atoms with Crippen molar-refractivity contribution in [1.82, 2.24) is 4.90 Å². The first-order chi connectivity index (χ1) is 14.7. The summed E-state index contributed by atoms with van der Waals surface area (Å²) >= 11 is 0. The molecule has 0 spiro atoms. The van der Waals surface area contributed by atoms with Gasteiger partial charge in [0.2, 0.25) is 0 Å². The summed E-state index contributed by atoms with van der Waals surface area (Å²) in [5.41, 5.74) is 2.26. The zero-order valence-corrected chi connectivity index (χ0v) is 19.4. The second-order valence-corrected chi connectivity index (χ2v) is 9.58. The van der Waals surface area contributed by atoms with Gasteiger partial charge in [0.05, 0.1) is 12.7 Å². The predicted octanol–water partition coefficient (Wildman–Crippen LogP) is 3.44. The molecule has 0 bridgehead atoms. The second kappa shape index (κ2) is 10.4. The molecule has 0 unspecified atom stereocenters. The lowest BCUT2D eigenvalue weighted by atomic mass is 9.79. The molecule has 5 nitrogen and oxygen atoms in total. The van der Waals surface area contributed by atoms with Crippen molar-refractivity contribution in [2.75, 3.05) is 13.1 Å². The van der Waals surface area contributed by atoms with E-state index in [4.69, 9.17) is 4.74 Å². The number of fused-ring (bicyclic) bond motifs is 1. The fourth-order valence-corrected chi connectivity index (χ4v) is 4.97. The average molecular weight is 430 g/mol. The number of nitrogens with zero attached hydrogens (tertiary/aromatic N) is 1. The van der Waals surface area contributed by atoms with E-state index in [1.165, 1.54) is 0 Å². The zero-order chi connectivity index (χ0) is 22.6. The molecule has 2 aliphatic rings. The maximum atomic E-state index is 11.4. The third kappa shape index (κ3) is 5.65. The lowest BCUT2D eigenvalue weighted by Crippen LogP contribution is -2.62. The maximum absolute atomic E-state index is 11.4. The third-order valence-corrected chi connectivity index (χ3v) is 6.93. The quantitative estimate of drug-likeness (QED) is 0.552. The standard InChI is InChI=1S/C26H39NO4/c1-18(12-13-19(2)24(29)20(3)28)15-22-16-27-14-8-11-23(27)26(4,25(22)30)31-17-21-9-6-5-7-10-21/h5-7,9-10,13,15,18,20,23-25,28-30H,8,11-12,14,16-17H2,1-4H3/b19-13+,22-15+/t18-,20-,23+,24-,25-,26-/m1/s1. The molecule has 2 heterocycles. The largest absolute Gasteiger partial charge is 0.390 e. The Morgan fingerprint density at radius 3 is 2.65 bits per heavy atom. The molecule has 2 fully saturated rings. The molecule has 0 saturated carbocycles. The Hall–Kier alpha value is -1.50. The van der Waals surface area contributed by atoms with Gasteiger partial charge in [0, 0.05) is 12.6 Å². The summed E-state index contributed by atoms with van der Waals surface area (Å²) in [7, 11) is 0. The van der Waals surface area contributed by atoms with Crippen LogP contribution in [0.3, 0.4) is 0 Å². The molecule has 5 heteroatoms. The van der Waals surface area contributed by atoms with Gasteiger partial charge in [0.1, 0.15) is 17.8 Å². The van der Waals surface area contributed by atoms with Crippen LogP contribution in [0, 0.1) is 5.92 Å². The highest BCUT2D eigenvalue weighted by Gasteiger charge is 2.51. The van der Waals surface area contributed by atoms with Crippen LogP contribution < -0.4 is 0 Å². The van der Waals surface area contributed by atoms with Gasteiger partial charge in [-0.3, -0.25) is 4.90 Å². The summed E-state index contributed by atoms with van der Waals surface area (Å²) in [5, 5.41) is 31.0. The van der Waals surface area contributed by atoms with Crippen LogP contribution in [0.5, 0.6) is 0 Å². The van der Waals surface area contributed by atoms with E-state index in [0.717, 1.165) is 49.1 Å². The Labute approximate surface area is 187 Å². The molecule has 2 saturated heterocycles. The third-order valence-electron chi connectivity index (χ3n) is 6.93. The van der Waals surface area contributed by atoms with Gasteiger partial charge in [-0.25, -0.2) is 0 Å². The molecule has 1 aromatic rings. The minimum absolute atomic E-state index is 0.207. The van der Waals surface area contributed by atoms with Crippen LogP contribution in [0.4, 0.5) is 0 Å². The summed E-state index contributed by atoms with van der Waals surface area (Å²) < 4.78 is 6.45. The number of hydrogen-bond acceptors (Lipinski definition) is 5. The van der Waals surface area contributed by atoms with Gasteiger partial charge >= 0.3 is 0 Å². The smallest absolute Gasteiger partial charge is 0.111 e. The van der Waals surface area contributed by atoms with E-state index >= 15 is 0 Å². The monoisotopic (exact) mass is 429 g/mol. The number of ether oxygens (including phenoxy) is 1. The number of rotatable bonds is 8. The maximum Gasteiger partial charge on any atom is 0.111 e. The van der Waals surface area contributed by atoms with Crippen molar-refractivity contribution in [2.24, 2.45) is 5.92 Å². The number of aliphatic hydroxyl groups is 3. The summed E-state index contributed by atoms with van der Waals surface area (Å²) in [6, 6.07) is 10.4.